The average molecular weight is 265 g/mol. The third-order valence-electron chi connectivity index (χ3n) is 2.74. The lowest BCUT2D eigenvalue weighted by Gasteiger charge is -2.28. The van der Waals surface area contributed by atoms with Gasteiger partial charge in [0, 0.05) is 6.54 Å². The fourth-order valence-electron chi connectivity index (χ4n) is 1.63. The van der Waals surface area contributed by atoms with Gasteiger partial charge in [0.15, 0.2) is 0 Å². The maximum Gasteiger partial charge on any atom is 0.308 e. The van der Waals surface area contributed by atoms with Crippen molar-refractivity contribution in [2.24, 2.45) is 0 Å². The number of carbonyl (C=O) groups is 2. The van der Waals surface area contributed by atoms with E-state index in [0.29, 0.717) is 13.0 Å². The Morgan fingerprint density at radius 1 is 1.37 bits per heavy atom. The monoisotopic (exact) mass is 265 g/mol. The third-order valence-corrected chi connectivity index (χ3v) is 2.74. The number of ether oxygens (including phenoxy) is 2. The second kappa shape index (κ2) is 7.53. The van der Waals surface area contributed by atoms with E-state index in [1.54, 1.807) is 6.92 Å². The molecule has 0 saturated carbocycles. The molecule has 0 saturated heterocycles. The fraction of sp³-hybridized carbons (Fsp3) is 0.429. The molecule has 1 aromatic carbocycles. The topological polar surface area (TPSA) is 64.6 Å². The molecule has 1 N–H and O–H groups in total. The maximum absolute atomic E-state index is 11.4. The first-order valence-corrected chi connectivity index (χ1v) is 6.01. The van der Waals surface area contributed by atoms with E-state index in [2.05, 4.69) is 10.1 Å². The quantitative estimate of drug-likeness (QED) is 0.568. The number of benzene rings is 1. The van der Waals surface area contributed by atoms with E-state index in [4.69, 9.17) is 4.74 Å². The van der Waals surface area contributed by atoms with Gasteiger partial charge in [-0.15, -0.1) is 0 Å². The second-order valence-corrected chi connectivity index (χ2v) is 4.48. The van der Waals surface area contributed by atoms with Crippen LogP contribution in [0.1, 0.15) is 18.9 Å². The molecule has 0 aliphatic heterocycles. The number of carbonyl (C=O) groups excluding carboxylic acids is 2. The van der Waals surface area contributed by atoms with Crippen molar-refractivity contribution in [3.63, 3.8) is 0 Å². The molecule has 1 aromatic rings. The molecule has 1 atom stereocenters. The van der Waals surface area contributed by atoms with Crippen molar-refractivity contribution in [1.29, 1.82) is 0 Å². The number of amides is 1. The standard InChI is InChI=1S/C14H19NO4/c1-14(10-15-11-16,8-13(17)18-2)19-9-12-6-4-3-5-7-12/h3-7,11H,8-10H2,1-2H3,(H,15,16). The van der Waals surface area contributed by atoms with Gasteiger partial charge >= 0.3 is 5.97 Å². The summed E-state index contributed by atoms with van der Waals surface area (Å²) in [4.78, 5) is 21.8. The molecule has 0 fully saturated rings. The average Bonchev–Trinajstić information content (AvgIpc) is 2.44. The van der Waals surface area contributed by atoms with E-state index >= 15 is 0 Å². The van der Waals surface area contributed by atoms with Gasteiger partial charge in [-0.05, 0) is 12.5 Å². The minimum absolute atomic E-state index is 0.0805. The summed E-state index contributed by atoms with van der Waals surface area (Å²) in [6.07, 6.45) is 0.665. The number of esters is 1. The van der Waals surface area contributed by atoms with Crippen LogP contribution in [-0.4, -0.2) is 31.6 Å². The normalized spacial score (nSPS) is 13.4. The summed E-state index contributed by atoms with van der Waals surface area (Å²) in [6, 6.07) is 9.63. The van der Waals surface area contributed by atoms with Crippen molar-refractivity contribution >= 4 is 12.4 Å². The molecule has 0 radical (unpaired) electrons. The van der Waals surface area contributed by atoms with E-state index in [-0.39, 0.29) is 18.9 Å². The van der Waals surface area contributed by atoms with Gasteiger partial charge in [0.2, 0.25) is 6.41 Å². The molecular formula is C14H19NO4. The molecule has 1 amide bonds. The molecule has 1 unspecified atom stereocenters. The Kier molecular flexibility index (Phi) is 6.02. The molecule has 1 rings (SSSR count). The van der Waals surface area contributed by atoms with Crippen LogP contribution in [0.5, 0.6) is 0 Å². The van der Waals surface area contributed by atoms with Crippen LogP contribution in [0.3, 0.4) is 0 Å². The highest BCUT2D eigenvalue weighted by molar-refractivity contribution is 5.70. The second-order valence-electron chi connectivity index (χ2n) is 4.48. The van der Waals surface area contributed by atoms with Crippen molar-refractivity contribution in [3.8, 4) is 0 Å². The summed E-state index contributed by atoms with van der Waals surface area (Å²) in [6.45, 7) is 2.39. The van der Waals surface area contributed by atoms with E-state index in [0.717, 1.165) is 5.56 Å². The van der Waals surface area contributed by atoms with Gasteiger partial charge in [-0.3, -0.25) is 9.59 Å². The number of hydrogen-bond acceptors (Lipinski definition) is 4. The Balaban J connectivity index is 2.62. The van der Waals surface area contributed by atoms with E-state index in [9.17, 15) is 9.59 Å². The van der Waals surface area contributed by atoms with Gasteiger partial charge in [-0.1, -0.05) is 30.3 Å². The summed E-state index contributed by atoms with van der Waals surface area (Å²) in [5, 5.41) is 2.54. The lowest BCUT2D eigenvalue weighted by molar-refractivity contribution is -0.149. The molecule has 104 valence electrons. The summed E-state index contributed by atoms with van der Waals surface area (Å²) in [5.41, 5.74) is 0.216. The van der Waals surface area contributed by atoms with E-state index in [1.807, 2.05) is 30.3 Å². The minimum atomic E-state index is -0.788. The van der Waals surface area contributed by atoms with E-state index in [1.165, 1.54) is 7.11 Å². The van der Waals surface area contributed by atoms with Crippen LogP contribution in [-0.2, 0) is 25.7 Å². The van der Waals surface area contributed by atoms with Gasteiger partial charge in [-0.25, -0.2) is 0 Å². The largest absolute Gasteiger partial charge is 0.469 e. The van der Waals surface area contributed by atoms with Crippen LogP contribution in [0.25, 0.3) is 0 Å². The van der Waals surface area contributed by atoms with Crippen LogP contribution < -0.4 is 5.32 Å². The first kappa shape index (κ1) is 15.2. The van der Waals surface area contributed by atoms with Crippen LogP contribution in [0, 0.1) is 0 Å². The highest BCUT2D eigenvalue weighted by Gasteiger charge is 2.29. The van der Waals surface area contributed by atoms with Crippen LogP contribution in [0.15, 0.2) is 30.3 Å². The first-order valence-electron chi connectivity index (χ1n) is 6.01. The first-order chi connectivity index (χ1) is 9.09. The van der Waals surface area contributed by atoms with Gasteiger partial charge in [0.25, 0.3) is 0 Å². The Hall–Kier alpha value is -1.88. The van der Waals surface area contributed by atoms with Crippen LogP contribution in [0.4, 0.5) is 0 Å². The maximum atomic E-state index is 11.4. The number of rotatable bonds is 8. The third kappa shape index (κ3) is 5.52. The molecule has 0 aliphatic carbocycles. The summed E-state index contributed by atoms with van der Waals surface area (Å²) in [7, 11) is 1.33. The zero-order valence-corrected chi connectivity index (χ0v) is 11.2. The molecule has 0 heterocycles. The Morgan fingerprint density at radius 2 is 2.05 bits per heavy atom. The van der Waals surface area contributed by atoms with Gasteiger partial charge in [-0.2, -0.15) is 0 Å². The highest BCUT2D eigenvalue weighted by atomic mass is 16.5. The smallest absolute Gasteiger partial charge is 0.308 e. The predicted octanol–water partition coefficient (Wildman–Crippen LogP) is 1.27. The fourth-order valence-corrected chi connectivity index (χ4v) is 1.63. The van der Waals surface area contributed by atoms with Gasteiger partial charge in [0.1, 0.15) is 0 Å². The molecule has 0 bridgehead atoms. The van der Waals surface area contributed by atoms with Gasteiger partial charge < -0.3 is 14.8 Å². The molecular weight excluding hydrogens is 246 g/mol. The van der Waals surface area contributed by atoms with Crippen molar-refractivity contribution < 1.29 is 19.1 Å². The van der Waals surface area contributed by atoms with Crippen molar-refractivity contribution in [2.45, 2.75) is 25.6 Å². The summed E-state index contributed by atoms with van der Waals surface area (Å²) >= 11 is 0. The lowest BCUT2D eigenvalue weighted by atomic mass is 10.0. The number of hydrogen-bond donors (Lipinski definition) is 1. The van der Waals surface area contributed by atoms with Crippen LogP contribution >= 0.6 is 0 Å². The Labute approximate surface area is 112 Å². The van der Waals surface area contributed by atoms with Crippen molar-refractivity contribution in [2.75, 3.05) is 13.7 Å². The molecule has 0 spiro atoms. The highest BCUT2D eigenvalue weighted by Crippen LogP contribution is 2.18. The molecule has 5 heteroatoms. The van der Waals surface area contributed by atoms with Crippen molar-refractivity contribution in [3.05, 3.63) is 35.9 Å². The van der Waals surface area contributed by atoms with Gasteiger partial charge in [0.05, 0.1) is 25.7 Å². The molecule has 5 nitrogen and oxygen atoms in total. The molecule has 0 aliphatic rings. The number of nitrogens with one attached hydrogen (secondary N) is 1. The number of methoxy groups -OCH3 is 1. The zero-order valence-electron chi connectivity index (χ0n) is 11.2. The predicted molar refractivity (Wildman–Crippen MR) is 70.3 cm³/mol. The molecule has 0 aromatic heterocycles. The SMILES string of the molecule is COC(=O)CC(C)(CNC=O)OCc1ccccc1. The Morgan fingerprint density at radius 3 is 2.63 bits per heavy atom. The van der Waals surface area contributed by atoms with E-state index < -0.39 is 5.60 Å². The Bertz CT molecular complexity index is 407. The summed E-state index contributed by atoms with van der Waals surface area (Å²) < 4.78 is 10.4. The van der Waals surface area contributed by atoms with Crippen LogP contribution in [0.2, 0.25) is 0 Å². The lowest BCUT2D eigenvalue weighted by Crippen LogP contribution is -2.42. The molecule has 19 heavy (non-hydrogen) atoms. The summed E-state index contributed by atoms with van der Waals surface area (Å²) in [5.74, 6) is -0.372. The van der Waals surface area contributed by atoms with Crippen molar-refractivity contribution in [1.82, 2.24) is 5.32 Å². The minimum Gasteiger partial charge on any atom is -0.469 e. The zero-order chi connectivity index (χ0) is 14.1.